The van der Waals surface area contributed by atoms with E-state index in [4.69, 9.17) is 18.0 Å². The summed E-state index contributed by atoms with van der Waals surface area (Å²) in [6.07, 6.45) is 0.953. The Morgan fingerprint density at radius 2 is 2.07 bits per heavy atom. The highest BCUT2D eigenvalue weighted by atomic mass is 32.1. The van der Waals surface area contributed by atoms with Gasteiger partial charge in [-0.1, -0.05) is 19.1 Å². The fourth-order valence-corrected chi connectivity index (χ4v) is 1.59. The minimum atomic E-state index is 0.479. The lowest BCUT2D eigenvalue weighted by Crippen LogP contribution is -2.14. The van der Waals surface area contributed by atoms with E-state index in [0.717, 1.165) is 12.0 Å². The molecule has 0 heterocycles. The smallest absolute Gasteiger partial charge is 0.104 e. The van der Waals surface area contributed by atoms with Gasteiger partial charge in [0.05, 0.1) is 0 Å². The van der Waals surface area contributed by atoms with Gasteiger partial charge in [-0.25, -0.2) is 0 Å². The van der Waals surface area contributed by atoms with Gasteiger partial charge in [0.15, 0.2) is 0 Å². The van der Waals surface area contributed by atoms with Crippen LogP contribution in [-0.4, -0.2) is 19.1 Å². The number of anilines is 1. The molecule has 0 bridgehead atoms. The van der Waals surface area contributed by atoms with E-state index in [1.165, 1.54) is 11.3 Å². The summed E-state index contributed by atoms with van der Waals surface area (Å²) in [4.78, 5) is 2.55. The summed E-state index contributed by atoms with van der Waals surface area (Å²) in [6.45, 7) is 2.11. The van der Waals surface area contributed by atoms with Crippen molar-refractivity contribution in [2.75, 3.05) is 19.0 Å². The zero-order valence-corrected chi connectivity index (χ0v) is 9.69. The molecule has 0 atom stereocenters. The van der Waals surface area contributed by atoms with E-state index in [2.05, 4.69) is 17.9 Å². The molecule has 0 radical (unpaired) electrons. The lowest BCUT2D eigenvalue weighted by Gasteiger charge is -2.15. The van der Waals surface area contributed by atoms with Crippen molar-refractivity contribution in [1.29, 1.82) is 0 Å². The van der Waals surface area contributed by atoms with E-state index in [1.54, 1.807) is 0 Å². The number of hydrogen-bond acceptors (Lipinski definition) is 2. The highest BCUT2D eigenvalue weighted by Crippen LogP contribution is 2.18. The zero-order valence-electron chi connectivity index (χ0n) is 8.87. The van der Waals surface area contributed by atoms with Gasteiger partial charge in [-0.3, -0.25) is 0 Å². The van der Waals surface area contributed by atoms with Crippen molar-refractivity contribution in [3.8, 4) is 0 Å². The first-order valence-electron chi connectivity index (χ1n) is 4.66. The second-order valence-corrected chi connectivity index (χ2v) is 3.89. The van der Waals surface area contributed by atoms with Crippen molar-refractivity contribution in [3.05, 3.63) is 29.3 Å². The van der Waals surface area contributed by atoms with Crippen molar-refractivity contribution < 1.29 is 0 Å². The van der Waals surface area contributed by atoms with Gasteiger partial charge in [-0.2, -0.15) is 0 Å². The molecule has 0 amide bonds. The summed E-state index contributed by atoms with van der Waals surface area (Å²) in [7, 11) is 4.05. The first-order valence-corrected chi connectivity index (χ1v) is 5.07. The molecule has 1 aromatic carbocycles. The molecule has 3 heteroatoms. The van der Waals surface area contributed by atoms with E-state index in [1.807, 2.05) is 26.2 Å². The maximum absolute atomic E-state index is 5.63. The molecule has 1 aromatic rings. The average Bonchev–Trinajstić information content (AvgIpc) is 2.16. The van der Waals surface area contributed by atoms with Crippen LogP contribution in [0, 0.1) is 0 Å². The topological polar surface area (TPSA) is 29.3 Å². The molecule has 0 aromatic heterocycles. The number of aryl methyl sites for hydroxylation is 1. The number of nitrogens with two attached hydrogens (primary N) is 1. The Morgan fingerprint density at radius 1 is 1.43 bits per heavy atom. The molecule has 0 spiro atoms. The zero-order chi connectivity index (χ0) is 10.7. The van der Waals surface area contributed by atoms with Crippen LogP contribution in [0.2, 0.25) is 0 Å². The number of rotatable bonds is 3. The summed E-state index contributed by atoms with van der Waals surface area (Å²) >= 11 is 4.99. The Balaban J connectivity index is 3.18. The normalized spacial score (nSPS) is 9.93. The number of thiocarbonyl (C=S) groups is 1. The summed E-state index contributed by atoms with van der Waals surface area (Å²) in [6, 6.07) is 6.17. The number of benzene rings is 1. The molecule has 2 N–H and O–H groups in total. The van der Waals surface area contributed by atoms with Crippen molar-refractivity contribution in [2.45, 2.75) is 13.3 Å². The van der Waals surface area contributed by atoms with Crippen LogP contribution in [0.1, 0.15) is 18.1 Å². The Kier molecular flexibility index (Phi) is 3.47. The van der Waals surface area contributed by atoms with E-state index < -0.39 is 0 Å². The van der Waals surface area contributed by atoms with Crippen LogP contribution >= 0.6 is 12.2 Å². The van der Waals surface area contributed by atoms with Crippen molar-refractivity contribution in [1.82, 2.24) is 0 Å². The second kappa shape index (κ2) is 4.42. The third-order valence-corrected chi connectivity index (χ3v) is 2.47. The van der Waals surface area contributed by atoms with Crippen LogP contribution in [0.5, 0.6) is 0 Å². The van der Waals surface area contributed by atoms with Crippen LogP contribution in [-0.2, 0) is 6.42 Å². The molecule has 0 saturated heterocycles. The van der Waals surface area contributed by atoms with Gasteiger partial charge in [-0.15, -0.1) is 0 Å². The van der Waals surface area contributed by atoms with Crippen LogP contribution < -0.4 is 10.6 Å². The van der Waals surface area contributed by atoms with Crippen molar-refractivity contribution in [2.24, 2.45) is 5.73 Å². The molecule has 0 aliphatic rings. The first kappa shape index (κ1) is 11.0. The first-order chi connectivity index (χ1) is 6.56. The highest BCUT2D eigenvalue weighted by molar-refractivity contribution is 7.80. The predicted octanol–water partition coefficient (Wildman–Crippen LogP) is 1.95. The molecule has 0 saturated carbocycles. The molecule has 76 valence electrons. The maximum Gasteiger partial charge on any atom is 0.104 e. The van der Waals surface area contributed by atoms with Crippen molar-refractivity contribution >= 4 is 22.9 Å². The standard InChI is InChI=1S/C11H16N2S/c1-4-8-7-9(13(2)3)5-6-10(8)11(12)14/h5-7H,4H2,1-3H3,(H2,12,14). The quantitative estimate of drug-likeness (QED) is 0.770. The Bertz CT molecular complexity index is 345. The number of hydrogen-bond donors (Lipinski definition) is 1. The van der Waals surface area contributed by atoms with Gasteiger partial charge >= 0.3 is 0 Å². The highest BCUT2D eigenvalue weighted by Gasteiger charge is 2.05. The Labute approximate surface area is 90.7 Å². The lowest BCUT2D eigenvalue weighted by molar-refractivity contribution is 1.09. The molecule has 0 aliphatic heterocycles. The summed E-state index contributed by atoms with van der Waals surface area (Å²) in [5.74, 6) is 0. The monoisotopic (exact) mass is 208 g/mol. The van der Waals surface area contributed by atoms with Gasteiger partial charge in [-0.05, 0) is 30.2 Å². The second-order valence-electron chi connectivity index (χ2n) is 3.45. The minimum absolute atomic E-state index is 0.479. The van der Waals surface area contributed by atoms with Crippen molar-refractivity contribution in [3.63, 3.8) is 0 Å². The molecule has 0 aliphatic carbocycles. The molecule has 2 nitrogen and oxygen atoms in total. The third-order valence-electron chi connectivity index (χ3n) is 2.25. The fraction of sp³-hybridized carbons (Fsp3) is 0.364. The van der Waals surface area contributed by atoms with E-state index >= 15 is 0 Å². The van der Waals surface area contributed by atoms with Crippen LogP contribution in [0.25, 0.3) is 0 Å². The summed E-state index contributed by atoms with van der Waals surface area (Å²) in [5.41, 5.74) is 9.02. The molecular formula is C11H16N2S. The Morgan fingerprint density at radius 3 is 2.50 bits per heavy atom. The van der Waals surface area contributed by atoms with Crippen LogP contribution in [0.3, 0.4) is 0 Å². The fourth-order valence-electron chi connectivity index (χ4n) is 1.39. The molecule has 0 unspecified atom stereocenters. The van der Waals surface area contributed by atoms with Gasteiger partial charge in [0.1, 0.15) is 4.99 Å². The lowest BCUT2D eigenvalue weighted by atomic mass is 10.0. The van der Waals surface area contributed by atoms with Gasteiger partial charge < -0.3 is 10.6 Å². The third kappa shape index (κ3) is 2.23. The van der Waals surface area contributed by atoms with Crippen LogP contribution in [0.4, 0.5) is 5.69 Å². The average molecular weight is 208 g/mol. The Hall–Kier alpha value is -1.09. The van der Waals surface area contributed by atoms with Gasteiger partial charge in [0, 0.05) is 25.3 Å². The molecule has 0 fully saturated rings. The van der Waals surface area contributed by atoms with E-state index in [-0.39, 0.29) is 0 Å². The van der Waals surface area contributed by atoms with E-state index in [0.29, 0.717) is 4.99 Å². The van der Waals surface area contributed by atoms with Gasteiger partial charge in [0.25, 0.3) is 0 Å². The molecule has 1 rings (SSSR count). The van der Waals surface area contributed by atoms with E-state index in [9.17, 15) is 0 Å². The summed E-state index contributed by atoms with van der Waals surface area (Å²) < 4.78 is 0. The van der Waals surface area contributed by atoms with Gasteiger partial charge in [0.2, 0.25) is 0 Å². The molecule has 14 heavy (non-hydrogen) atoms. The SMILES string of the molecule is CCc1cc(N(C)C)ccc1C(N)=S. The largest absolute Gasteiger partial charge is 0.389 e. The maximum atomic E-state index is 5.63. The van der Waals surface area contributed by atoms with Crippen LogP contribution in [0.15, 0.2) is 18.2 Å². The molecular weight excluding hydrogens is 192 g/mol. The minimum Gasteiger partial charge on any atom is -0.389 e. The predicted molar refractivity (Wildman–Crippen MR) is 66.0 cm³/mol. The number of nitrogens with zero attached hydrogens (tertiary/aromatic N) is 1. The summed E-state index contributed by atoms with van der Waals surface area (Å²) in [5, 5.41) is 0.